The number of ether oxygens (including phenoxy) is 1. The second-order valence-corrected chi connectivity index (χ2v) is 7.65. The largest absolute Gasteiger partial charge is 0.463 e. The zero-order chi connectivity index (χ0) is 24.1. The van der Waals surface area contributed by atoms with Gasteiger partial charge in [-0.05, 0) is 55.3 Å². The fourth-order valence-corrected chi connectivity index (χ4v) is 3.47. The standard InChI is InChI=1S/C25H21ClFN5O2/c1-3-34-23(33)10-7-17-5-4-6-18(13-17)20-15-29-25(30-19-8-9-22(27)21(26)14-19)31-24(20)32-12-11-28-16(32)2/h4-15H,3H2,1-2H3,(H,29,30,31). The minimum Gasteiger partial charge on any atom is -0.463 e. The van der Waals surface area contributed by atoms with E-state index >= 15 is 0 Å². The molecule has 2 aromatic heterocycles. The number of benzene rings is 2. The molecule has 0 amide bonds. The summed E-state index contributed by atoms with van der Waals surface area (Å²) in [5, 5.41) is 3.06. The van der Waals surface area contributed by atoms with Crippen molar-refractivity contribution in [2.24, 2.45) is 0 Å². The molecule has 0 atom stereocenters. The van der Waals surface area contributed by atoms with Crippen LogP contribution in [0.5, 0.6) is 0 Å². The van der Waals surface area contributed by atoms with E-state index in [0.29, 0.717) is 24.1 Å². The summed E-state index contributed by atoms with van der Waals surface area (Å²) >= 11 is 5.89. The molecule has 0 spiro atoms. The Morgan fingerprint density at radius 1 is 1.24 bits per heavy atom. The highest BCUT2D eigenvalue weighted by molar-refractivity contribution is 6.31. The molecule has 2 heterocycles. The topological polar surface area (TPSA) is 81.9 Å². The van der Waals surface area contributed by atoms with Crippen molar-refractivity contribution in [2.45, 2.75) is 13.8 Å². The van der Waals surface area contributed by atoms with Gasteiger partial charge in [-0.15, -0.1) is 0 Å². The number of aromatic nitrogens is 4. The van der Waals surface area contributed by atoms with Crippen molar-refractivity contribution in [1.29, 1.82) is 0 Å². The average molecular weight is 478 g/mol. The molecule has 4 rings (SSSR count). The number of imidazole rings is 1. The predicted octanol–water partition coefficient (Wildman–Crippen LogP) is 5.75. The Kier molecular flexibility index (Phi) is 6.98. The van der Waals surface area contributed by atoms with E-state index in [1.807, 2.05) is 42.0 Å². The van der Waals surface area contributed by atoms with Gasteiger partial charge in [0.25, 0.3) is 0 Å². The maximum atomic E-state index is 13.5. The Labute approximate surface area is 200 Å². The first-order valence-electron chi connectivity index (χ1n) is 10.5. The summed E-state index contributed by atoms with van der Waals surface area (Å²) in [7, 11) is 0. The Balaban J connectivity index is 1.73. The van der Waals surface area contributed by atoms with E-state index in [4.69, 9.17) is 21.3 Å². The SMILES string of the molecule is CCOC(=O)C=Cc1cccc(-c2cnc(Nc3ccc(F)c(Cl)c3)nc2-n2ccnc2C)c1. The van der Waals surface area contributed by atoms with Crippen molar-refractivity contribution in [3.8, 4) is 16.9 Å². The Morgan fingerprint density at radius 3 is 2.82 bits per heavy atom. The normalized spacial score (nSPS) is 11.1. The van der Waals surface area contributed by atoms with Crippen LogP contribution >= 0.6 is 11.6 Å². The number of carbonyl (C=O) groups excluding carboxylic acids is 1. The number of nitrogens with one attached hydrogen (secondary N) is 1. The van der Waals surface area contributed by atoms with Crippen molar-refractivity contribution in [2.75, 3.05) is 11.9 Å². The van der Waals surface area contributed by atoms with E-state index in [-0.39, 0.29) is 5.02 Å². The smallest absolute Gasteiger partial charge is 0.330 e. The van der Waals surface area contributed by atoms with E-state index in [0.717, 1.165) is 22.5 Å². The number of halogens is 2. The molecule has 9 heteroatoms. The maximum absolute atomic E-state index is 13.5. The van der Waals surface area contributed by atoms with Crippen LogP contribution in [0.3, 0.4) is 0 Å². The minimum absolute atomic E-state index is 0.0000133. The van der Waals surface area contributed by atoms with Gasteiger partial charge in [-0.3, -0.25) is 4.57 Å². The number of nitrogens with zero attached hydrogens (tertiary/aromatic N) is 4. The molecule has 172 valence electrons. The third-order valence-electron chi connectivity index (χ3n) is 4.89. The minimum atomic E-state index is -0.505. The van der Waals surface area contributed by atoms with E-state index in [1.165, 1.54) is 18.2 Å². The zero-order valence-corrected chi connectivity index (χ0v) is 19.3. The third kappa shape index (κ3) is 5.29. The van der Waals surface area contributed by atoms with Gasteiger partial charge in [0.05, 0.1) is 11.6 Å². The van der Waals surface area contributed by atoms with Crippen LogP contribution in [-0.4, -0.2) is 32.1 Å². The van der Waals surface area contributed by atoms with Gasteiger partial charge in [0.15, 0.2) is 5.82 Å². The maximum Gasteiger partial charge on any atom is 0.330 e. The molecule has 7 nitrogen and oxygen atoms in total. The molecule has 34 heavy (non-hydrogen) atoms. The van der Waals surface area contributed by atoms with Crippen LogP contribution in [0.1, 0.15) is 18.3 Å². The number of hydrogen-bond donors (Lipinski definition) is 1. The van der Waals surface area contributed by atoms with Gasteiger partial charge in [-0.25, -0.2) is 19.2 Å². The van der Waals surface area contributed by atoms with E-state index in [1.54, 1.807) is 31.5 Å². The lowest BCUT2D eigenvalue weighted by Crippen LogP contribution is -2.06. The quantitative estimate of drug-likeness (QED) is 0.269. The van der Waals surface area contributed by atoms with Crippen LogP contribution < -0.4 is 5.32 Å². The molecule has 1 N–H and O–H groups in total. The Bertz CT molecular complexity index is 1370. The van der Waals surface area contributed by atoms with Gasteiger partial charge in [0, 0.05) is 35.9 Å². The first kappa shape index (κ1) is 23.1. The highest BCUT2D eigenvalue weighted by Crippen LogP contribution is 2.29. The number of rotatable bonds is 7. The number of anilines is 2. The summed E-state index contributed by atoms with van der Waals surface area (Å²) in [5.41, 5.74) is 2.99. The van der Waals surface area contributed by atoms with E-state index in [2.05, 4.69) is 15.3 Å². The molecular formula is C25H21ClFN5O2. The van der Waals surface area contributed by atoms with Gasteiger partial charge in [0.2, 0.25) is 5.95 Å². The van der Waals surface area contributed by atoms with Crippen molar-refractivity contribution < 1.29 is 13.9 Å². The summed E-state index contributed by atoms with van der Waals surface area (Å²) in [5.74, 6) is 0.756. The highest BCUT2D eigenvalue weighted by atomic mass is 35.5. The average Bonchev–Trinajstić information content (AvgIpc) is 3.26. The van der Waals surface area contributed by atoms with Crippen LogP contribution in [0.15, 0.2) is 67.1 Å². The predicted molar refractivity (Wildman–Crippen MR) is 130 cm³/mol. The number of aryl methyl sites for hydroxylation is 1. The molecule has 0 fully saturated rings. The fourth-order valence-electron chi connectivity index (χ4n) is 3.29. The fraction of sp³-hybridized carbons (Fsp3) is 0.120. The van der Waals surface area contributed by atoms with Crippen LogP contribution in [-0.2, 0) is 9.53 Å². The molecule has 0 saturated heterocycles. The first-order chi connectivity index (χ1) is 16.4. The second kappa shape index (κ2) is 10.3. The zero-order valence-electron chi connectivity index (χ0n) is 18.5. The molecule has 0 radical (unpaired) electrons. The second-order valence-electron chi connectivity index (χ2n) is 7.24. The van der Waals surface area contributed by atoms with E-state index in [9.17, 15) is 9.18 Å². The summed E-state index contributed by atoms with van der Waals surface area (Å²) in [6.07, 6.45) is 8.28. The lowest BCUT2D eigenvalue weighted by Gasteiger charge is -2.14. The molecule has 4 aromatic rings. The Morgan fingerprint density at radius 2 is 2.09 bits per heavy atom. The first-order valence-corrected chi connectivity index (χ1v) is 10.9. The molecule has 0 aliphatic rings. The van der Waals surface area contributed by atoms with Gasteiger partial charge in [0.1, 0.15) is 11.6 Å². The molecule has 2 aromatic carbocycles. The molecule has 0 unspecified atom stereocenters. The van der Waals surface area contributed by atoms with Gasteiger partial charge in [-0.2, -0.15) is 4.98 Å². The third-order valence-corrected chi connectivity index (χ3v) is 5.18. The van der Waals surface area contributed by atoms with Crippen molar-refractivity contribution in [3.63, 3.8) is 0 Å². The van der Waals surface area contributed by atoms with Gasteiger partial charge >= 0.3 is 5.97 Å². The van der Waals surface area contributed by atoms with Gasteiger partial charge < -0.3 is 10.1 Å². The summed E-state index contributed by atoms with van der Waals surface area (Å²) in [6.45, 7) is 3.95. The summed E-state index contributed by atoms with van der Waals surface area (Å²) in [4.78, 5) is 25.1. The molecule has 0 saturated carbocycles. The van der Waals surface area contributed by atoms with Crippen molar-refractivity contribution in [1.82, 2.24) is 19.5 Å². The lowest BCUT2D eigenvalue weighted by molar-refractivity contribution is -0.137. The molecular weight excluding hydrogens is 457 g/mol. The van der Waals surface area contributed by atoms with Crippen LogP contribution in [0.25, 0.3) is 23.0 Å². The molecule has 0 bridgehead atoms. The number of hydrogen-bond acceptors (Lipinski definition) is 6. The number of carbonyl (C=O) groups is 1. The van der Waals surface area contributed by atoms with Crippen molar-refractivity contribution in [3.05, 3.63) is 89.4 Å². The summed E-state index contributed by atoms with van der Waals surface area (Å²) in [6, 6.07) is 11.9. The van der Waals surface area contributed by atoms with E-state index < -0.39 is 11.8 Å². The highest BCUT2D eigenvalue weighted by Gasteiger charge is 2.14. The summed E-state index contributed by atoms with van der Waals surface area (Å²) < 4.78 is 20.3. The molecule has 0 aliphatic heterocycles. The van der Waals surface area contributed by atoms with Crippen LogP contribution in [0, 0.1) is 12.7 Å². The molecule has 0 aliphatic carbocycles. The number of esters is 1. The Hall–Kier alpha value is -4.04. The van der Waals surface area contributed by atoms with Crippen molar-refractivity contribution >= 4 is 35.3 Å². The monoisotopic (exact) mass is 477 g/mol. The van der Waals surface area contributed by atoms with Crippen LogP contribution in [0.2, 0.25) is 5.02 Å². The van der Waals surface area contributed by atoms with Crippen LogP contribution in [0.4, 0.5) is 16.0 Å². The lowest BCUT2D eigenvalue weighted by atomic mass is 10.0. The van der Waals surface area contributed by atoms with Gasteiger partial charge in [-0.1, -0.05) is 29.8 Å².